The lowest BCUT2D eigenvalue weighted by Gasteiger charge is -2.08. The van der Waals surface area contributed by atoms with Crippen molar-refractivity contribution in [3.8, 4) is 0 Å². The van der Waals surface area contributed by atoms with E-state index in [1.807, 2.05) is 24.7 Å². The Balaban J connectivity index is 2.17. The standard InChI is InChI=1S/C14H18ClN5O/c1-4-5-11-12-14(19(3)18-11)20(13(17-12)9(2)15)8-10-6-7-16-21-10/h6-7,9H,4-5,8H2,1-3H3. The second-order valence-electron chi connectivity index (χ2n) is 5.14. The van der Waals surface area contributed by atoms with Crippen molar-refractivity contribution < 1.29 is 4.52 Å². The number of aromatic nitrogens is 5. The smallest absolute Gasteiger partial charge is 0.159 e. The van der Waals surface area contributed by atoms with Crippen LogP contribution in [0.1, 0.15) is 42.9 Å². The number of nitrogens with zero attached hydrogens (tertiary/aromatic N) is 5. The first-order valence-electron chi connectivity index (χ1n) is 7.07. The van der Waals surface area contributed by atoms with Gasteiger partial charge in [0.25, 0.3) is 0 Å². The first-order chi connectivity index (χ1) is 10.1. The van der Waals surface area contributed by atoms with Gasteiger partial charge in [-0.05, 0) is 13.3 Å². The van der Waals surface area contributed by atoms with Crippen molar-refractivity contribution in [2.75, 3.05) is 0 Å². The van der Waals surface area contributed by atoms with E-state index in [1.54, 1.807) is 6.20 Å². The van der Waals surface area contributed by atoms with Crippen molar-refractivity contribution in [3.05, 3.63) is 29.5 Å². The predicted molar refractivity (Wildman–Crippen MR) is 80.4 cm³/mol. The van der Waals surface area contributed by atoms with Gasteiger partial charge in [0.2, 0.25) is 0 Å². The van der Waals surface area contributed by atoms with Crippen LogP contribution in [0.3, 0.4) is 0 Å². The molecule has 1 unspecified atom stereocenters. The average Bonchev–Trinajstić information content (AvgIpc) is 3.11. The van der Waals surface area contributed by atoms with Gasteiger partial charge in [0.1, 0.15) is 11.3 Å². The summed E-state index contributed by atoms with van der Waals surface area (Å²) < 4.78 is 9.14. The average molecular weight is 308 g/mol. The van der Waals surface area contributed by atoms with Crippen LogP contribution < -0.4 is 0 Å². The fourth-order valence-corrected chi connectivity index (χ4v) is 2.77. The third kappa shape index (κ3) is 2.44. The molecule has 1 atom stereocenters. The molecular formula is C14H18ClN5O. The van der Waals surface area contributed by atoms with E-state index >= 15 is 0 Å². The zero-order valence-corrected chi connectivity index (χ0v) is 13.1. The van der Waals surface area contributed by atoms with Crippen LogP contribution >= 0.6 is 11.6 Å². The zero-order valence-electron chi connectivity index (χ0n) is 12.4. The minimum atomic E-state index is -0.185. The van der Waals surface area contributed by atoms with E-state index in [-0.39, 0.29) is 5.38 Å². The highest BCUT2D eigenvalue weighted by Crippen LogP contribution is 2.27. The molecule has 3 heterocycles. The molecule has 0 amide bonds. The highest BCUT2D eigenvalue weighted by atomic mass is 35.5. The van der Waals surface area contributed by atoms with Gasteiger partial charge in [0.05, 0.1) is 23.8 Å². The maximum absolute atomic E-state index is 6.30. The largest absolute Gasteiger partial charge is 0.359 e. The van der Waals surface area contributed by atoms with E-state index in [2.05, 4.69) is 21.7 Å². The van der Waals surface area contributed by atoms with Crippen LogP contribution in [0, 0.1) is 0 Å². The Morgan fingerprint density at radius 3 is 2.86 bits per heavy atom. The molecule has 7 heteroatoms. The van der Waals surface area contributed by atoms with Gasteiger partial charge < -0.3 is 9.09 Å². The molecule has 3 rings (SSSR count). The van der Waals surface area contributed by atoms with Crippen molar-refractivity contribution in [1.82, 2.24) is 24.5 Å². The summed E-state index contributed by atoms with van der Waals surface area (Å²) in [6, 6.07) is 1.85. The van der Waals surface area contributed by atoms with Crippen LogP contribution in [-0.4, -0.2) is 24.5 Å². The van der Waals surface area contributed by atoms with Gasteiger partial charge in [-0.15, -0.1) is 11.6 Å². The van der Waals surface area contributed by atoms with Crippen LogP contribution in [0.4, 0.5) is 0 Å². The first-order valence-corrected chi connectivity index (χ1v) is 7.51. The third-order valence-electron chi connectivity index (χ3n) is 3.47. The Hall–Kier alpha value is -1.82. The van der Waals surface area contributed by atoms with Crippen molar-refractivity contribution >= 4 is 22.8 Å². The van der Waals surface area contributed by atoms with Gasteiger partial charge in [0, 0.05) is 13.1 Å². The van der Waals surface area contributed by atoms with Gasteiger partial charge >= 0.3 is 0 Å². The molecule has 0 radical (unpaired) electrons. The quantitative estimate of drug-likeness (QED) is 0.680. The van der Waals surface area contributed by atoms with Crippen molar-refractivity contribution in [2.24, 2.45) is 7.05 Å². The lowest BCUT2D eigenvalue weighted by molar-refractivity contribution is 0.375. The molecular weight excluding hydrogens is 290 g/mol. The molecule has 3 aromatic rings. The number of fused-ring (bicyclic) bond motifs is 1. The van der Waals surface area contributed by atoms with E-state index in [9.17, 15) is 0 Å². The Kier molecular flexibility index (Phi) is 3.71. The number of rotatable bonds is 5. The lowest BCUT2D eigenvalue weighted by atomic mass is 10.2. The van der Waals surface area contributed by atoms with Gasteiger partial charge in [-0.1, -0.05) is 18.5 Å². The van der Waals surface area contributed by atoms with Crippen LogP contribution in [0.2, 0.25) is 0 Å². The molecule has 0 aliphatic rings. The van der Waals surface area contributed by atoms with E-state index in [0.717, 1.165) is 41.3 Å². The summed E-state index contributed by atoms with van der Waals surface area (Å²) in [6.07, 6.45) is 3.58. The molecule has 0 aliphatic heterocycles. The zero-order chi connectivity index (χ0) is 15.0. The van der Waals surface area contributed by atoms with Gasteiger partial charge in [-0.2, -0.15) is 5.10 Å². The summed E-state index contributed by atoms with van der Waals surface area (Å²) in [7, 11) is 1.93. The first kappa shape index (κ1) is 14.1. The Morgan fingerprint density at radius 2 is 2.24 bits per heavy atom. The summed E-state index contributed by atoms with van der Waals surface area (Å²) >= 11 is 6.30. The van der Waals surface area contributed by atoms with Crippen LogP contribution in [0.25, 0.3) is 11.2 Å². The third-order valence-corrected chi connectivity index (χ3v) is 3.66. The van der Waals surface area contributed by atoms with Crippen LogP contribution in [0.15, 0.2) is 16.8 Å². The molecule has 21 heavy (non-hydrogen) atoms. The fraction of sp³-hybridized carbons (Fsp3) is 0.500. The Morgan fingerprint density at radius 1 is 1.43 bits per heavy atom. The second kappa shape index (κ2) is 5.52. The topological polar surface area (TPSA) is 61.7 Å². The minimum absolute atomic E-state index is 0.185. The SMILES string of the molecule is CCCc1nn(C)c2c1nc(C(C)Cl)n2Cc1ccno1. The van der Waals surface area contributed by atoms with Gasteiger partial charge in [-0.3, -0.25) is 4.68 Å². The maximum atomic E-state index is 6.30. The van der Waals surface area contributed by atoms with E-state index < -0.39 is 0 Å². The fourth-order valence-electron chi connectivity index (χ4n) is 2.60. The number of alkyl halides is 1. The van der Waals surface area contributed by atoms with Crippen molar-refractivity contribution in [3.63, 3.8) is 0 Å². The number of hydrogen-bond acceptors (Lipinski definition) is 4. The van der Waals surface area contributed by atoms with Gasteiger partial charge in [-0.25, -0.2) is 4.98 Å². The summed E-state index contributed by atoms with van der Waals surface area (Å²) in [5.74, 6) is 1.60. The highest BCUT2D eigenvalue weighted by molar-refractivity contribution is 6.20. The molecule has 0 aliphatic carbocycles. The van der Waals surface area contributed by atoms with E-state index in [1.165, 1.54) is 0 Å². The Labute approximate surface area is 127 Å². The number of aryl methyl sites for hydroxylation is 2. The molecule has 0 saturated heterocycles. The predicted octanol–water partition coefficient (Wildman–Crippen LogP) is 3.06. The van der Waals surface area contributed by atoms with Crippen molar-refractivity contribution in [1.29, 1.82) is 0 Å². The molecule has 0 spiro atoms. The van der Waals surface area contributed by atoms with Crippen molar-refractivity contribution in [2.45, 2.75) is 38.6 Å². The molecule has 0 aromatic carbocycles. The molecule has 0 N–H and O–H groups in total. The molecule has 0 bridgehead atoms. The second-order valence-corrected chi connectivity index (χ2v) is 5.80. The highest BCUT2D eigenvalue weighted by Gasteiger charge is 2.22. The molecule has 0 saturated carbocycles. The van der Waals surface area contributed by atoms with E-state index in [0.29, 0.717) is 6.54 Å². The molecule has 3 aromatic heterocycles. The molecule has 0 fully saturated rings. The minimum Gasteiger partial charge on any atom is -0.359 e. The normalized spacial score (nSPS) is 13.1. The summed E-state index contributed by atoms with van der Waals surface area (Å²) in [4.78, 5) is 4.72. The van der Waals surface area contributed by atoms with Crippen LogP contribution in [-0.2, 0) is 20.0 Å². The number of hydrogen-bond donors (Lipinski definition) is 0. The Bertz CT molecular complexity index is 741. The monoisotopic (exact) mass is 307 g/mol. The number of imidazole rings is 1. The summed E-state index contributed by atoms with van der Waals surface area (Å²) in [5, 5.41) is 8.14. The lowest BCUT2D eigenvalue weighted by Crippen LogP contribution is -2.08. The van der Waals surface area contributed by atoms with Crippen LogP contribution in [0.5, 0.6) is 0 Å². The number of halogens is 1. The molecule has 6 nitrogen and oxygen atoms in total. The maximum Gasteiger partial charge on any atom is 0.159 e. The summed E-state index contributed by atoms with van der Waals surface area (Å²) in [5.41, 5.74) is 2.92. The molecule has 112 valence electrons. The van der Waals surface area contributed by atoms with E-state index in [4.69, 9.17) is 21.1 Å². The van der Waals surface area contributed by atoms with Gasteiger partial charge in [0.15, 0.2) is 11.4 Å². The summed E-state index contributed by atoms with van der Waals surface area (Å²) in [6.45, 7) is 4.61.